The minimum atomic E-state index is -0.160. The summed E-state index contributed by atoms with van der Waals surface area (Å²) in [6.07, 6.45) is 5.11. The van der Waals surface area contributed by atoms with Crippen LogP contribution in [0.2, 0.25) is 5.02 Å². The summed E-state index contributed by atoms with van der Waals surface area (Å²) in [5, 5.41) is 7.43. The molecular weight excluding hydrogens is 331 g/mol. The number of carbonyl (C=O) groups excluding carboxylic acids is 1. The van der Waals surface area contributed by atoms with Crippen molar-refractivity contribution in [1.29, 1.82) is 0 Å². The molecule has 2 fully saturated rings. The lowest BCUT2D eigenvalue weighted by molar-refractivity contribution is -0.123. The number of rotatable bonds is 5. The number of amides is 1. The molecule has 23 heavy (non-hydrogen) atoms. The summed E-state index contributed by atoms with van der Waals surface area (Å²) >= 11 is 6.08. The van der Waals surface area contributed by atoms with E-state index in [1.54, 1.807) is 0 Å². The topological polar surface area (TPSA) is 41.1 Å². The van der Waals surface area contributed by atoms with E-state index >= 15 is 0 Å². The van der Waals surface area contributed by atoms with Crippen LogP contribution in [0.15, 0.2) is 24.3 Å². The van der Waals surface area contributed by atoms with Crippen LogP contribution in [0.4, 0.5) is 0 Å². The highest BCUT2D eigenvalue weighted by Crippen LogP contribution is 2.46. The first-order valence-electron chi connectivity index (χ1n) is 8.37. The molecule has 3 rings (SSSR count). The number of nitrogens with one attached hydrogen (secondary N) is 2. The number of piperidine rings is 1. The van der Waals surface area contributed by atoms with E-state index in [9.17, 15) is 4.79 Å². The summed E-state index contributed by atoms with van der Waals surface area (Å²) in [4.78, 5) is 12.4. The van der Waals surface area contributed by atoms with Gasteiger partial charge in [-0.05, 0) is 68.3 Å². The summed E-state index contributed by atoms with van der Waals surface area (Å²) in [6, 6.07) is 7.87. The second kappa shape index (κ2) is 7.87. The summed E-state index contributed by atoms with van der Waals surface area (Å²) < 4.78 is 0. The molecule has 1 aromatic carbocycles. The lowest BCUT2D eigenvalue weighted by Gasteiger charge is -2.28. The molecule has 0 spiro atoms. The highest BCUT2D eigenvalue weighted by molar-refractivity contribution is 6.30. The Morgan fingerprint density at radius 2 is 2.26 bits per heavy atom. The fraction of sp³-hybridized carbons (Fsp3) is 0.611. The highest BCUT2D eigenvalue weighted by atomic mass is 35.5. The molecule has 0 bridgehead atoms. The van der Waals surface area contributed by atoms with Crippen LogP contribution in [0.5, 0.6) is 0 Å². The van der Waals surface area contributed by atoms with Crippen LogP contribution in [0.1, 0.15) is 44.6 Å². The van der Waals surface area contributed by atoms with Crippen molar-refractivity contribution in [2.45, 2.75) is 44.6 Å². The van der Waals surface area contributed by atoms with Crippen molar-refractivity contribution in [2.24, 2.45) is 11.8 Å². The Hall–Kier alpha value is -0.770. The maximum Gasteiger partial charge on any atom is 0.220 e. The van der Waals surface area contributed by atoms with E-state index in [1.165, 1.54) is 12.8 Å². The largest absolute Gasteiger partial charge is 0.347 e. The fourth-order valence-electron chi connectivity index (χ4n) is 3.54. The first-order chi connectivity index (χ1) is 10.6. The van der Waals surface area contributed by atoms with Crippen molar-refractivity contribution >= 4 is 29.9 Å². The summed E-state index contributed by atoms with van der Waals surface area (Å²) in [5.41, 5.74) is 0.979. The van der Waals surface area contributed by atoms with E-state index in [0.29, 0.717) is 18.3 Å². The van der Waals surface area contributed by atoms with E-state index in [2.05, 4.69) is 23.6 Å². The molecule has 1 aliphatic heterocycles. The third-order valence-electron chi connectivity index (χ3n) is 5.15. The van der Waals surface area contributed by atoms with E-state index < -0.39 is 0 Å². The lowest BCUT2D eigenvalue weighted by atomic mass is 9.85. The van der Waals surface area contributed by atoms with Gasteiger partial charge in [0.1, 0.15) is 0 Å². The van der Waals surface area contributed by atoms with Gasteiger partial charge in [-0.25, -0.2) is 0 Å². The number of hydrogen-bond donors (Lipinski definition) is 2. The monoisotopic (exact) mass is 356 g/mol. The number of benzene rings is 1. The number of carbonyl (C=O) groups is 1. The van der Waals surface area contributed by atoms with Gasteiger partial charge in [0.2, 0.25) is 5.91 Å². The molecule has 1 amide bonds. The summed E-state index contributed by atoms with van der Waals surface area (Å²) in [7, 11) is 0. The van der Waals surface area contributed by atoms with Gasteiger partial charge in [-0.2, -0.15) is 0 Å². The van der Waals surface area contributed by atoms with Crippen LogP contribution in [-0.4, -0.2) is 19.0 Å². The van der Waals surface area contributed by atoms with Gasteiger partial charge in [-0.15, -0.1) is 12.4 Å². The Kier molecular flexibility index (Phi) is 6.35. The van der Waals surface area contributed by atoms with Crippen molar-refractivity contribution in [1.82, 2.24) is 10.6 Å². The second-order valence-electron chi connectivity index (χ2n) is 6.93. The minimum absolute atomic E-state index is 0. The quantitative estimate of drug-likeness (QED) is 0.839. The first-order valence-corrected chi connectivity index (χ1v) is 8.75. The highest BCUT2D eigenvalue weighted by Gasteiger charge is 2.45. The molecule has 1 aliphatic carbocycles. The molecule has 1 aromatic rings. The van der Waals surface area contributed by atoms with Gasteiger partial charge < -0.3 is 10.6 Å². The third kappa shape index (κ3) is 4.62. The average Bonchev–Trinajstić information content (AvgIpc) is 3.29. The molecule has 128 valence electrons. The van der Waals surface area contributed by atoms with E-state index in [0.717, 1.165) is 36.5 Å². The van der Waals surface area contributed by atoms with Crippen molar-refractivity contribution < 1.29 is 4.79 Å². The molecule has 1 saturated heterocycles. The summed E-state index contributed by atoms with van der Waals surface area (Å²) in [5.74, 6) is 1.24. The maximum absolute atomic E-state index is 12.4. The summed E-state index contributed by atoms with van der Waals surface area (Å²) in [6.45, 7) is 4.37. The second-order valence-corrected chi connectivity index (χ2v) is 7.36. The van der Waals surface area contributed by atoms with E-state index in [1.807, 2.05) is 18.2 Å². The van der Waals surface area contributed by atoms with Crippen LogP contribution < -0.4 is 10.6 Å². The minimum Gasteiger partial charge on any atom is -0.347 e. The zero-order chi connectivity index (χ0) is 15.6. The molecule has 0 aromatic heterocycles. The van der Waals surface area contributed by atoms with Crippen molar-refractivity contribution in [2.75, 3.05) is 13.1 Å². The molecular formula is C18H26Cl2N2O. The van der Waals surface area contributed by atoms with Gasteiger partial charge >= 0.3 is 0 Å². The predicted octanol–water partition coefficient (Wildman–Crippen LogP) is 3.89. The molecule has 2 atom stereocenters. The third-order valence-corrected chi connectivity index (χ3v) is 5.39. The molecule has 3 nitrogen and oxygen atoms in total. The van der Waals surface area contributed by atoms with Gasteiger partial charge in [0.25, 0.3) is 0 Å². The van der Waals surface area contributed by atoms with Crippen molar-refractivity contribution in [3.8, 4) is 0 Å². The first kappa shape index (κ1) is 18.6. The fourth-order valence-corrected chi connectivity index (χ4v) is 3.73. The SMILES string of the molecule is CC(CC(=O)NC1(c2cccc(Cl)c2)CC1)C1CCCNC1.Cl. The van der Waals surface area contributed by atoms with Crippen LogP contribution in [0, 0.1) is 11.8 Å². The maximum atomic E-state index is 12.4. The molecule has 0 radical (unpaired) electrons. The van der Waals surface area contributed by atoms with Gasteiger partial charge in [0.15, 0.2) is 0 Å². The smallest absolute Gasteiger partial charge is 0.220 e. The Morgan fingerprint density at radius 3 is 2.87 bits per heavy atom. The van der Waals surface area contributed by atoms with Gasteiger partial charge in [0, 0.05) is 11.4 Å². The number of hydrogen-bond acceptors (Lipinski definition) is 2. The standard InChI is InChI=1S/C18H25ClN2O.ClH/c1-13(14-4-3-9-20-12-14)10-17(22)21-18(7-8-18)15-5-2-6-16(19)11-15;/h2,5-6,11,13-14,20H,3-4,7-10,12H2,1H3,(H,21,22);1H. The normalized spacial score (nSPS) is 23.5. The zero-order valence-electron chi connectivity index (χ0n) is 13.6. The van der Waals surface area contributed by atoms with E-state index in [4.69, 9.17) is 11.6 Å². The Morgan fingerprint density at radius 1 is 1.48 bits per heavy atom. The van der Waals surface area contributed by atoms with Crippen LogP contribution in [0.25, 0.3) is 0 Å². The molecule has 1 heterocycles. The van der Waals surface area contributed by atoms with Crippen molar-refractivity contribution in [3.63, 3.8) is 0 Å². The lowest BCUT2D eigenvalue weighted by Crippen LogP contribution is -2.38. The zero-order valence-corrected chi connectivity index (χ0v) is 15.2. The van der Waals surface area contributed by atoms with Crippen LogP contribution in [-0.2, 0) is 10.3 Å². The van der Waals surface area contributed by atoms with Gasteiger partial charge in [0.05, 0.1) is 5.54 Å². The van der Waals surface area contributed by atoms with Crippen LogP contribution >= 0.6 is 24.0 Å². The average molecular weight is 357 g/mol. The molecule has 2 aliphatic rings. The van der Waals surface area contributed by atoms with Gasteiger partial charge in [-0.1, -0.05) is 30.7 Å². The predicted molar refractivity (Wildman–Crippen MR) is 97.1 cm³/mol. The Bertz CT molecular complexity index is 540. The van der Waals surface area contributed by atoms with E-state index in [-0.39, 0.29) is 23.9 Å². The molecule has 2 N–H and O–H groups in total. The molecule has 2 unspecified atom stereocenters. The number of halogens is 2. The molecule has 1 saturated carbocycles. The van der Waals surface area contributed by atoms with Crippen LogP contribution in [0.3, 0.4) is 0 Å². The Labute approximate surface area is 150 Å². The molecule has 5 heteroatoms. The Balaban J connectivity index is 0.00000192. The van der Waals surface area contributed by atoms with Crippen molar-refractivity contribution in [3.05, 3.63) is 34.9 Å². The van der Waals surface area contributed by atoms with Gasteiger partial charge in [-0.3, -0.25) is 4.79 Å².